The van der Waals surface area contributed by atoms with Crippen molar-refractivity contribution in [2.75, 3.05) is 0 Å². The van der Waals surface area contributed by atoms with Crippen LogP contribution in [0.5, 0.6) is 0 Å². The summed E-state index contributed by atoms with van der Waals surface area (Å²) in [6, 6.07) is 8.54. The van der Waals surface area contributed by atoms with Crippen LogP contribution in [0.3, 0.4) is 0 Å². The van der Waals surface area contributed by atoms with Crippen LogP contribution in [0.4, 0.5) is 0 Å². The van der Waals surface area contributed by atoms with Crippen molar-refractivity contribution < 1.29 is 15.0 Å². The fourth-order valence-electron chi connectivity index (χ4n) is 1.61. The maximum Gasteiger partial charge on any atom is 0.249 e. The summed E-state index contributed by atoms with van der Waals surface area (Å²) in [6.45, 7) is 0. The standard InChI is InChI=1S/C12H13N3O3/c13-12(18)11(17)10(16)8-3-1-7(2-4-8)9-5-6-14-15-9/h1-6,10-11,16-17H,(H2,13,18)(H,14,15). The third-order valence-electron chi connectivity index (χ3n) is 2.65. The summed E-state index contributed by atoms with van der Waals surface area (Å²) in [4.78, 5) is 10.8. The number of aliphatic hydroxyl groups is 2. The van der Waals surface area contributed by atoms with Gasteiger partial charge in [-0.05, 0) is 17.2 Å². The first kappa shape index (κ1) is 12.3. The normalized spacial score (nSPS) is 14.1. The van der Waals surface area contributed by atoms with Gasteiger partial charge >= 0.3 is 0 Å². The number of primary amides is 1. The fourth-order valence-corrected chi connectivity index (χ4v) is 1.61. The Hall–Kier alpha value is -2.18. The van der Waals surface area contributed by atoms with Crippen LogP contribution in [0.15, 0.2) is 36.5 Å². The van der Waals surface area contributed by atoms with Crippen molar-refractivity contribution in [2.45, 2.75) is 12.2 Å². The third-order valence-corrected chi connectivity index (χ3v) is 2.65. The number of H-pyrrole nitrogens is 1. The van der Waals surface area contributed by atoms with Crippen molar-refractivity contribution in [1.29, 1.82) is 0 Å². The molecule has 6 heteroatoms. The van der Waals surface area contributed by atoms with E-state index in [4.69, 9.17) is 5.73 Å². The Morgan fingerprint density at radius 1 is 1.22 bits per heavy atom. The Kier molecular flexibility index (Phi) is 3.40. The molecule has 1 amide bonds. The molecule has 0 spiro atoms. The van der Waals surface area contributed by atoms with E-state index in [0.717, 1.165) is 11.3 Å². The lowest BCUT2D eigenvalue weighted by Gasteiger charge is -2.15. The minimum absolute atomic E-state index is 0.421. The summed E-state index contributed by atoms with van der Waals surface area (Å²) in [5, 5.41) is 25.7. The first-order valence-electron chi connectivity index (χ1n) is 5.35. The van der Waals surface area contributed by atoms with E-state index >= 15 is 0 Å². The number of nitrogens with one attached hydrogen (secondary N) is 1. The highest BCUT2D eigenvalue weighted by Crippen LogP contribution is 2.21. The Morgan fingerprint density at radius 2 is 1.89 bits per heavy atom. The van der Waals surface area contributed by atoms with E-state index < -0.39 is 18.1 Å². The second kappa shape index (κ2) is 4.99. The average molecular weight is 247 g/mol. The number of hydrogen-bond acceptors (Lipinski definition) is 4. The van der Waals surface area contributed by atoms with Crippen LogP contribution >= 0.6 is 0 Å². The highest BCUT2D eigenvalue weighted by atomic mass is 16.3. The fraction of sp³-hybridized carbons (Fsp3) is 0.167. The average Bonchev–Trinajstić information content (AvgIpc) is 2.91. The van der Waals surface area contributed by atoms with Gasteiger partial charge in [-0.25, -0.2) is 0 Å². The van der Waals surface area contributed by atoms with Gasteiger partial charge in [0, 0.05) is 6.20 Å². The maximum absolute atomic E-state index is 10.8. The SMILES string of the molecule is NC(=O)C(O)C(O)c1ccc(-c2ccn[nH]2)cc1. The van der Waals surface area contributed by atoms with Gasteiger partial charge in [-0.2, -0.15) is 5.10 Å². The Labute approximate surface area is 103 Å². The molecule has 6 nitrogen and oxygen atoms in total. The molecule has 0 radical (unpaired) electrons. The smallest absolute Gasteiger partial charge is 0.249 e. The Morgan fingerprint density at radius 3 is 2.39 bits per heavy atom. The molecule has 2 unspecified atom stereocenters. The molecule has 0 aliphatic rings. The van der Waals surface area contributed by atoms with E-state index in [1.54, 1.807) is 30.5 Å². The summed E-state index contributed by atoms with van der Waals surface area (Å²) in [5.74, 6) is -0.958. The molecule has 1 aromatic heterocycles. The molecule has 1 heterocycles. The largest absolute Gasteiger partial charge is 0.385 e. The molecule has 2 atom stereocenters. The van der Waals surface area contributed by atoms with Crippen LogP contribution < -0.4 is 5.73 Å². The molecule has 2 aromatic rings. The van der Waals surface area contributed by atoms with E-state index in [0.29, 0.717) is 5.56 Å². The van der Waals surface area contributed by atoms with E-state index in [9.17, 15) is 15.0 Å². The number of carbonyl (C=O) groups excluding carboxylic acids is 1. The van der Waals surface area contributed by atoms with E-state index in [2.05, 4.69) is 10.2 Å². The monoisotopic (exact) mass is 247 g/mol. The quantitative estimate of drug-likeness (QED) is 0.607. The van der Waals surface area contributed by atoms with Crippen molar-refractivity contribution in [3.05, 3.63) is 42.1 Å². The van der Waals surface area contributed by atoms with Crippen LogP contribution in [0.25, 0.3) is 11.3 Å². The molecular weight excluding hydrogens is 234 g/mol. The topological polar surface area (TPSA) is 112 Å². The highest BCUT2D eigenvalue weighted by Gasteiger charge is 2.23. The highest BCUT2D eigenvalue weighted by molar-refractivity contribution is 5.79. The van der Waals surface area contributed by atoms with Gasteiger partial charge in [-0.1, -0.05) is 24.3 Å². The zero-order chi connectivity index (χ0) is 13.1. The second-order valence-electron chi connectivity index (χ2n) is 3.88. The minimum atomic E-state index is -1.61. The lowest BCUT2D eigenvalue weighted by atomic mass is 10.0. The number of amides is 1. The number of aliphatic hydroxyl groups excluding tert-OH is 2. The van der Waals surface area contributed by atoms with E-state index in [1.807, 2.05) is 6.07 Å². The number of carbonyl (C=O) groups is 1. The first-order valence-corrected chi connectivity index (χ1v) is 5.35. The van der Waals surface area contributed by atoms with Crippen LogP contribution in [-0.4, -0.2) is 32.4 Å². The number of benzene rings is 1. The number of hydrogen-bond donors (Lipinski definition) is 4. The van der Waals surface area contributed by atoms with Gasteiger partial charge < -0.3 is 15.9 Å². The van der Waals surface area contributed by atoms with E-state index in [1.165, 1.54) is 0 Å². The Bertz CT molecular complexity index is 522. The number of aromatic nitrogens is 2. The summed E-state index contributed by atoms with van der Waals surface area (Å²) in [7, 11) is 0. The summed E-state index contributed by atoms with van der Waals surface area (Å²) in [6.07, 6.45) is -1.30. The molecule has 94 valence electrons. The van der Waals surface area contributed by atoms with Crippen molar-refractivity contribution >= 4 is 5.91 Å². The van der Waals surface area contributed by atoms with Gasteiger partial charge in [0.1, 0.15) is 6.10 Å². The molecule has 1 aromatic carbocycles. The Balaban J connectivity index is 2.20. The summed E-state index contributed by atoms with van der Waals surface area (Å²) in [5.41, 5.74) is 7.07. The molecule has 0 bridgehead atoms. The van der Waals surface area contributed by atoms with Gasteiger partial charge in [-0.3, -0.25) is 9.89 Å². The molecular formula is C12H13N3O3. The molecule has 0 aliphatic carbocycles. The van der Waals surface area contributed by atoms with Crippen molar-refractivity contribution in [3.63, 3.8) is 0 Å². The van der Waals surface area contributed by atoms with Crippen molar-refractivity contribution in [2.24, 2.45) is 5.73 Å². The predicted molar refractivity (Wildman–Crippen MR) is 64.2 cm³/mol. The zero-order valence-corrected chi connectivity index (χ0v) is 9.45. The van der Waals surface area contributed by atoms with Gasteiger partial charge in [0.25, 0.3) is 0 Å². The van der Waals surface area contributed by atoms with E-state index in [-0.39, 0.29) is 0 Å². The van der Waals surface area contributed by atoms with Crippen LogP contribution in [0.1, 0.15) is 11.7 Å². The minimum Gasteiger partial charge on any atom is -0.385 e. The van der Waals surface area contributed by atoms with Crippen LogP contribution in [0, 0.1) is 0 Å². The molecule has 0 fully saturated rings. The predicted octanol–water partition coefficient (Wildman–Crippen LogP) is -0.0437. The first-order chi connectivity index (χ1) is 8.59. The van der Waals surface area contributed by atoms with Gasteiger partial charge in [0.05, 0.1) is 5.69 Å². The molecule has 2 rings (SSSR count). The zero-order valence-electron chi connectivity index (χ0n) is 9.45. The van der Waals surface area contributed by atoms with Gasteiger partial charge in [-0.15, -0.1) is 0 Å². The number of nitrogens with zero attached hydrogens (tertiary/aromatic N) is 1. The third kappa shape index (κ3) is 2.39. The summed E-state index contributed by atoms with van der Waals surface area (Å²) < 4.78 is 0. The lowest BCUT2D eigenvalue weighted by Crippen LogP contribution is -2.33. The molecule has 0 saturated carbocycles. The number of nitrogens with two attached hydrogens (primary N) is 1. The number of rotatable bonds is 4. The number of aromatic amines is 1. The lowest BCUT2D eigenvalue weighted by molar-refractivity contribution is -0.131. The molecule has 18 heavy (non-hydrogen) atoms. The van der Waals surface area contributed by atoms with Gasteiger partial charge in [0.15, 0.2) is 6.10 Å². The van der Waals surface area contributed by atoms with Crippen LogP contribution in [-0.2, 0) is 4.79 Å². The van der Waals surface area contributed by atoms with Crippen molar-refractivity contribution in [3.8, 4) is 11.3 Å². The van der Waals surface area contributed by atoms with Crippen molar-refractivity contribution in [1.82, 2.24) is 10.2 Å². The summed E-state index contributed by atoms with van der Waals surface area (Å²) >= 11 is 0. The molecule has 0 aliphatic heterocycles. The molecule has 5 N–H and O–H groups in total. The maximum atomic E-state index is 10.8. The second-order valence-corrected chi connectivity index (χ2v) is 3.88. The van der Waals surface area contributed by atoms with Crippen LogP contribution in [0.2, 0.25) is 0 Å². The van der Waals surface area contributed by atoms with Gasteiger partial charge in [0.2, 0.25) is 5.91 Å². The molecule has 0 saturated heterocycles.